The fraction of sp³-hybridized carbons (Fsp3) is 0.143. The van der Waals surface area contributed by atoms with Gasteiger partial charge in [-0.15, -0.1) is 0 Å². The van der Waals surface area contributed by atoms with E-state index in [0.717, 1.165) is 0 Å². The van der Waals surface area contributed by atoms with Crippen molar-refractivity contribution in [2.24, 2.45) is 0 Å². The first-order valence-electron chi connectivity index (χ1n) is 8.66. The van der Waals surface area contributed by atoms with Crippen LogP contribution in [-0.2, 0) is 0 Å². The molecule has 7 heteroatoms. The molecule has 0 aliphatic heterocycles. The third-order valence-electron chi connectivity index (χ3n) is 4.09. The molecule has 1 heterocycles. The molecular formula is C21H20N2O5. The van der Waals surface area contributed by atoms with Crippen LogP contribution in [0.4, 0.5) is 5.69 Å². The van der Waals surface area contributed by atoms with Gasteiger partial charge in [-0.3, -0.25) is 9.59 Å². The summed E-state index contributed by atoms with van der Waals surface area (Å²) >= 11 is 0. The molecule has 0 fully saturated rings. The normalized spacial score (nSPS) is 10.4. The van der Waals surface area contributed by atoms with E-state index in [-0.39, 0.29) is 16.9 Å². The molecule has 3 rings (SSSR count). The van der Waals surface area contributed by atoms with Crippen molar-refractivity contribution >= 4 is 11.6 Å². The summed E-state index contributed by atoms with van der Waals surface area (Å²) in [6.07, 6.45) is 1.40. The van der Waals surface area contributed by atoms with Gasteiger partial charge >= 0.3 is 0 Å². The Morgan fingerprint density at radius 2 is 1.82 bits per heavy atom. The number of H-pyrrole nitrogens is 1. The number of methoxy groups -OCH3 is 1. The molecule has 0 aliphatic rings. The maximum Gasteiger partial charge on any atom is 0.259 e. The summed E-state index contributed by atoms with van der Waals surface area (Å²) < 4.78 is 10.4. The molecule has 1 aromatic heterocycles. The minimum atomic E-state index is -0.509. The Labute approximate surface area is 161 Å². The number of carbonyl (C=O) groups is 1. The van der Waals surface area contributed by atoms with Gasteiger partial charge in [0.15, 0.2) is 0 Å². The zero-order valence-corrected chi connectivity index (χ0v) is 15.5. The topological polar surface area (TPSA) is 101 Å². The van der Waals surface area contributed by atoms with Gasteiger partial charge in [-0.25, -0.2) is 0 Å². The van der Waals surface area contributed by atoms with E-state index in [9.17, 15) is 14.7 Å². The first-order valence-corrected chi connectivity index (χ1v) is 8.66. The van der Waals surface area contributed by atoms with Crippen LogP contribution in [0.2, 0.25) is 0 Å². The number of carbonyl (C=O) groups excluding carboxylic acids is 1. The molecular weight excluding hydrogens is 360 g/mol. The standard InChI is InChI=1S/C21H20N2O5/c1-3-28-15-6-4-13(5-7-15)18-10-14(12-22-20(18)25)23-21(26)17-9-8-16(27-2)11-19(17)24/h4-12,24H,3H2,1-2H3,(H,22,25)(H,23,26). The minimum Gasteiger partial charge on any atom is -0.507 e. The van der Waals surface area contributed by atoms with Gasteiger partial charge in [-0.05, 0) is 42.8 Å². The van der Waals surface area contributed by atoms with Crippen LogP contribution in [0, 0.1) is 0 Å². The number of hydrogen-bond donors (Lipinski definition) is 3. The van der Waals surface area contributed by atoms with Crippen molar-refractivity contribution in [3.63, 3.8) is 0 Å². The largest absolute Gasteiger partial charge is 0.507 e. The van der Waals surface area contributed by atoms with E-state index in [1.165, 1.54) is 25.4 Å². The number of anilines is 1. The van der Waals surface area contributed by atoms with Crippen LogP contribution in [0.1, 0.15) is 17.3 Å². The summed E-state index contributed by atoms with van der Waals surface area (Å²) in [5.41, 5.74) is 1.29. The lowest BCUT2D eigenvalue weighted by Crippen LogP contribution is -2.15. The summed E-state index contributed by atoms with van der Waals surface area (Å²) in [6, 6.07) is 13.1. The Morgan fingerprint density at radius 3 is 2.46 bits per heavy atom. The van der Waals surface area contributed by atoms with E-state index in [0.29, 0.717) is 34.9 Å². The van der Waals surface area contributed by atoms with E-state index in [2.05, 4.69) is 10.3 Å². The third-order valence-corrected chi connectivity index (χ3v) is 4.09. The SMILES string of the molecule is CCOc1ccc(-c2cc(NC(=O)c3ccc(OC)cc3O)c[nH]c2=O)cc1. The molecule has 0 aliphatic carbocycles. The van der Waals surface area contributed by atoms with E-state index >= 15 is 0 Å². The number of pyridine rings is 1. The Hall–Kier alpha value is -3.74. The molecule has 2 aromatic carbocycles. The van der Waals surface area contributed by atoms with Crippen LogP contribution >= 0.6 is 0 Å². The number of phenolic OH excluding ortho intramolecular Hbond substituents is 1. The molecule has 3 N–H and O–H groups in total. The Kier molecular flexibility index (Phi) is 5.64. The summed E-state index contributed by atoms with van der Waals surface area (Å²) in [5, 5.41) is 12.7. The van der Waals surface area contributed by atoms with Gasteiger partial charge in [0.1, 0.15) is 17.2 Å². The lowest BCUT2D eigenvalue weighted by Gasteiger charge is -2.10. The molecule has 0 bridgehead atoms. The van der Waals surface area contributed by atoms with Gasteiger partial charge in [-0.1, -0.05) is 12.1 Å². The Bertz CT molecular complexity index is 1040. The highest BCUT2D eigenvalue weighted by atomic mass is 16.5. The Morgan fingerprint density at radius 1 is 1.11 bits per heavy atom. The number of amides is 1. The van der Waals surface area contributed by atoms with Crippen molar-refractivity contribution in [2.45, 2.75) is 6.92 Å². The molecule has 0 radical (unpaired) electrons. The number of nitrogens with one attached hydrogen (secondary N) is 2. The van der Waals surface area contributed by atoms with Crippen molar-refractivity contribution in [3.8, 4) is 28.4 Å². The fourth-order valence-electron chi connectivity index (χ4n) is 2.70. The predicted octanol–water partition coefficient (Wildman–Crippen LogP) is 3.41. The summed E-state index contributed by atoms with van der Waals surface area (Å²) in [4.78, 5) is 27.3. The van der Waals surface area contributed by atoms with Gasteiger partial charge in [0.25, 0.3) is 11.5 Å². The first kappa shape index (κ1) is 19.0. The van der Waals surface area contributed by atoms with Gasteiger partial charge in [0, 0.05) is 17.8 Å². The fourth-order valence-corrected chi connectivity index (χ4v) is 2.70. The second-order valence-electron chi connectivity index (χ2n) is 5.93. The van der Waals surface area contributed by atoms with E-state index in [1.807, 2.05) is 6.92 Å². The van der Waals surface area contributed by atoms with E-state index in [1.54, 1.807) is 36.4 Å². The number of rotatable bonds is 6. The summed E-state index contributed by atoms with van der Waals surface area (Å²) in [6.45, 7) is 2.45. The molecule has 0 atom stereocenters. The molecule has 3 aromatic rings. The average molecular weight is 380 g/mol. The lowest BCUT2D eigenvalue weighted by atomic mass is 10.1. The number of aromatic amines is 1. The smallest absolute Gasteiger partial charge is 0.259 e. The molecule has 144 valence electrons. The summed E-state index contributed by atoms with van der Waals surface area (Å²) in [5.74, 6) is 0.441. The van der Waals surface area contributed by atoms with Crippen LogP contribution in [0.15, 0.2) is 59.5 Å². The Balaban J connectivity index is 1.85. The van der Waals surface area contributed by atoms with E-state index < -0.39 is 5.91 Å². The quantitative estimate of drug-likeness (QED) is 0.608. The molecule has 28 heavy (non-hydrogen) atoms. The molecule has 7 nitrogen and oxygen atoms in total. The van der Waals surface area contributed by atoms with Gasteiger partial charge in [0.05, 0.1) is 25.0 Å². The maximum absolute atomic E-state index is 12.5. The van der Waals surface area contributed by atoms with Crippen LogP contribution in [0.3, 0.4) is 0 Å². The number of ether oxygens (including phenoxy) is 2. The van der Waals surface area contributed by atoms with Gasteiger partial charge in [-0.2, -0.15) is 0 Å². The number of aromatic nitrogens is 1. The maximum atomic E-state index is 12.5. The first-order chi connectivity index (χ1) is 13.5. The van der Waals surface area contributed by atoms with Crippen molar-refractivity contribution in [1.29, 1.82) is 0 Å². The van der Waals surface area contributed by atoms with E-state index in [4.69, 9.17) is 9.47 Å². The monoisotopic (exact) mass is 380 g/mol. The molecule has 0 saturated heterocycles. The van der Waals surface area contributed by atoms with Crippen molar-refractivity contribution < 1.29 is 19.4 Å². The zero-order chi connectivity index (χ0) is 20.1. The number of benzene rings is 2. The highest BCUT2D eigenvalue weighted by molar-refractivity contribution is 6.06. The number of phenols is 1. The average Bonchev–Trinajstić information content (AvgIpc) is 2.70. The molecule has 0 spiro atoms. The van der Waals surface area contributed by atoms with Gasteiger partial charge in [0.2, 0.25) is 0 Å². The lowest BCUT2D eigenvalue weighted by molar-refractivity contribution is 0.102. The second-order valence-corrected chi connectivity index (χ2v) is 5.93. The number of aromatic hydroxyl groups is 1. The summed E-state index contributed by atoms with van der Waals surface area (Å²) in [7, 11) is 1.47. The van der Waals surface area contributed by atoms with Crippen molar-refractivity contribution in [3.05, 3.63) is 70.6 Å². The van der Waals surface area contributed by atoms with Crippen LogP contribution in [-0.4, -0.2) is 29.7 Å². The van der Waals surface area contributed by atoms with Crippen molar-refractivity contribution in [1.82, 2.24) is 4.98 Å². The van der Waals surface area contributed by atoms with Crippen LogP contribution < -0.4 is 20.3 Å². The van der Waals surface area contributed by atoms with Crippen LogP contribution in [0.5, 0.6) is 17.2 Å². The third kappa shape index (κ3) is 4.15. The number of hydrogen-bond acceptors (Lipinski definition) is 5. The zero-order valence-electron chi connectivity index (χ0n) is 15.5. The molecule has 0 saturated carbocycles. The molecule has 1 amide bonds. The highest BCUT2D eigenvalue weighted by Crippen LogP contribution is 2.25. The van der Waals surface area contributed by atoms with Crippen LogP contribution in [0.25, 0.3) is 11.1 Å². The molecule has 0 unspecified atom stereocenters. The minimum absolute atomic E-state index is 0.0922. The second kappa shape index (κ2) is 8.30. The van der Waals surface area contributed by atoms with Gasteiger partial charge < -0.3 is 24.9 Å². The van der Waals surface area contributed by atoms with Crippen molar-refractivity contribution in [2.75, 3.05) is 19.0 Å². The predicted molar refractivity (Wildman–Crippen MR) is 106 cm³/mol. The highest BCUT2D eigenvalue weighted by Gasteiger charge is 2.13.